The third-order valence-electron chi connectivity index (χ3n) is 3.43. The van der Waals surface area contributed by atoms with Crippen LogP contribution < -0.4 is 5.32 Å². The first-order valence-corrected chi connectivity index (χ1v) is 7.48. The molecule has 0 aliphatic carbocycles. The Balaban J connectivity index is 2.19. The van der Waals surface area contributed by atoms with E-state index in [1.54, 1.807) is 0 Å². The zero-order chi connectivity index (χ0) is 14.4. The number of aryl methyl sites for hydroxylation is 1. The van der Waals surface area contributed by atoms with Crippen molar-refractivity contribution in [2.75, 3.05) is 6.54 Å². The zero-order valence-electron chi connectivity index (χ0n) is 12.1. The summed E-state index contributed by atoms with van der Waals surface area (Å²) in [6.45, 7) is 5.29. The van der Waals surface area contributed by atoms with Crippen LogP contribution in [0.2, 0.25) is 5.02 Å². The van der Waals surface area contributed by atoms with Crippen molar-refractivity contribution < 1.29 is 0 Å². The fourth-order valence-electron chi connectivity index (χ4n) is 2.25. The molecular formula is C17H21ClN2. The first-order chi connectivity index (χ1) is 9.70. The monoisotopic (exact) mass is 288 g/mol. The van der Waals surface area contributed by atoms with Crippen molar-refractivity contribution in [1.82, 2.24) is 10.3 Å². The van der Waals surface area contributed by atoms with E-state index in [4.69, 9.17) is 11.6 Å². The van der Waals surface area contributed by atoms with Crippen LogP contribution in [0.4, 0.5) is 0 Å². The van der Waals surface area contributed by atoms with Crippen LogP contribution in [0.5, 0.6) is 0 Å². The fourth-order valence-corrected chi connectivity index (χ4v) is 2.37. The standard InChI is InChI=1S/C17H21ClN2/c1-3-10-19-17(14-6-8-15(18)9-7-14)12-16-13(2)5-4-11-20-16/h4-9,11,17,19H,3,10,12H2,1-2H3. The van der Waals surface area contributed by atoms with Crippen LogP contribution in [0.15, 0.2) is 42.6 Å². The molecule has 1 aromatic carbocycles. The second-order valence-corrected chi connectivity index (χ2v) is 5.47. The molecular weight excluding hydrogens is 268 g/mol. The van der Waals surface area contributed by atoms with Gasteiger partial charge in [-0.25, -0.2) is 0 Å². The molecule has 0 amide bonds. The summed E-state index contributed by atoms with van der Waals surface area (Å²) in [6, 6.07) is 12.4. The summed E-state index contributed by atoms with van der Waals surface area (Å²) in [5.74, 6) is 0. The largest absolute Gasteiger partial charge is 0.310 e. The minimum Gasteiger partial charge on any atom is -0.310 e. The van der Waals surface area contributed by atoms with E-state index in [-0.39, 0.29) is 6.04 Å². The lowest BCUT2D eigenvalue weighted by Crippen LogP contribution is -2.24. The predicted molar refractivity (Wildman–Crippen MR) is 85.2 cm³/mol. The molecule has 2 rings (SSSR count). The highest BCUT2D eigenvalue weighted by Crippen LogP contribution is 2.21. The second-order valence-electron chi connectivity index (χ2n) is 5.03. The van der Waals surface area contributed by atoms with Crippen molar-refractivity contribution in [3.8, 4) is 0 Å². The highest BCUT2D eigenvalue weighted by molar-refractivity contribution is 6.30. The van der Waals surface area contributed by atoms with Gasteiger partial charge in [-0.15, -0.1) is 0 Å². The SMILES string of the molecule is CCCNC(Cc1ncccc1C)c1ccc(Cl)cc1. The Morgan fingerprint density at radius 3 is 2.60 bits per heavy atom. The van der Waals surface area contributed by atoms with E-state index < -0.39 is 0 Å². The molecule has 1 atom stereocenters. The summed E-state index contributed by atoms with van der Waals surface area (Å²) < 4.78 is 0. The molecule has 1 aromatic heterocycles. The summed E-state index contributed by atoms with van der Waals surface area (Å²) in [5, 5.41) is 4.37. The van der Waals surface area contributed by atoms with Gasteiger partial charge in [0.05, 0.1) is 0 Å². The van der Waals surface area contributed by atoms with E-state index in [1.165, 1.54) is 11.1 Å². The van der Waals surface area contributed by atoms with Gasteiger partial charge >= 0.3 is 0 Å². The van der Waals surface area contributed by atoms with Gasteiger partial charge in [0.25, 0.3) is 0 Å². The van der Waals surface area contributed by atoms with Crippen LogP contribution in [0.3, 0.4) is 0 Å². The van der Waals surface area contributed by atoms with E-state index in [9.17, 15) is 0 Å². The zero-order valence-corrected chi connectivity index (χ0v) is 12.8. The quantitative estimate of drug-likeness (QED) is 0.856. The molecule has 106 valence electrons. The third kappa shape index (κ3) is 4.06. The molecule has 0 fully saturated rings. The molecule has 0 spiro atoms. The number of pyridine rings is 1. The van der Waals surface area contributed by atoms with Crippen molar-refractivity contribution in [3.05, 3.63) is 64.4 Å². The summed E-state index contributed by atoms with van der Waals surface area (Å²) in [4.78, 5) is 4.50. The number of halogens is 1. The first-order valence-electron chi connectivity index (χ1n) is 7.10. The van der Waals surface area contributed by atoms with Crippen LogP contribution in [-0.4, -0.2) is 11.5 Å². The second kappa shape index (κ2) is 7.41. The van der Waals surface area contributed by atoms with E-state index in [2.05, 4.69) is 42.3 Å². The Morgan fingerprint density at radius 2 is 1.95 bits per heavy atom. The molecule has 0 bridgehead atoms. The van der Waals surface area contributed by atoms with E-state index in [1.807, 2.05) is 24.4 Å². The number of nitrogens with zero attached hydrogens (tertiary/aromatic N) is 1. The number of benzene rings is 1. The predicted octanol–water partition coefficient (Wildman–Crippen LogP) is 4.33. The van der Waals surface area contributed by atoms with Crippen LogP contribution in [0.25, 0.3) is 0 Å². The van der Waals surface area contributed by atoms with Gasteiger partial charge in [0.2, 0.25) is 0 Å². The lowest BCUT2D eigenvalue weighted by molar-refractivity contribution is 0.523. The highest BCUT2D eigenvalue weighted by Gasteiger charge is 2.13. The Kier molecular flexibility index (Phi) is 5.57. The van der Waals surface area contributed by atoms with Crippen LogP contribution in [0, 0.1) is 6.92 Å². The molecule has 1 N–H and O–H groups in total. The van der Waals surface area contributed by atoms with Crippen LogP contribution >= 0.6 is 11.6 Å². The molecule has 2 nitrogen and oxygen atoms in total. The maximum atomic E-state index is 5.97. The van der Waals surface area contributed by atoms with Gasteiger partial charge in [0.1, 0.15) is 0 Å². The minimum atomic E-state index is 0.279. The third-order valence-corrected chi connectivity index (χ3v) is 3.68. The van der Waals surface area contributed by atoms with Gasteiger partial charge in [0.15, 0.2) is 0 Å². The molecule has 0 aliphatic rings. The van der Waals surface area contributed by atoms with E-state index in [0.717, 1.165) is 30.1 Å². The van der Waals surface area contributed by atoms with E-state index in [0.29, 0.717) is 0 Å². The smallest absolute Gasteiger partial charge is 0.0451 e. The van der Waals surface area contributed by atoms with Crippen molar-refractivity contribution in [3.63, 3.8) is 0 Å². The number of nitrogens with one attached hydrogen (secondary N) is 1. The van der Waals surface area contributed by atoms with Gasteiger partial charge in [-0.3, -0.25) is 4.98 Å². The molecule has 3 heteroatoms. The summed E-state index contributed by atoms with van der Waals surface area (Å²) in [6.07, 6.45) is 3.88. The van der Waals surface area contributed by atoms with Crippen molar-refractivity contribution in [1.29, 1.82) is 0 Å². The van der Waals surface area contributed by atoms with Gasteiger partial charge in [0, 0.05) is 29.4 Å². The first kappa shape index (κ1) is 15.0. The topological polar surface area (TPSA) is 24.9 Å². The molecule has 0 saturated carbocycles. The average Bonchev–Trinajstić information content (AvgIpc) is 2.46. The van der Waals surface area contributed by atoms with Gasteiger partial charge in [-0.1, -0.05) is 36.7 Å². The van der Waals surface area contributed by atoms with Crippen LogP contribution in [0.1, 0.15) is 36.2 Å². The molecule has 0 radical (unpaired) electrons. The molecule has 20 heavy (non-hydrogen) atoms. The van der Waals surface area contributed by atoms with Gasteiger partial charge < -0.3 is 5.32 Å². The van der Waals surface area contributed by atoms with Crippen molar-refractivity contribution in [2.45, 2.75) is 32.7 Å². The normalized spacial score (nSPS) is 12.3. The van der Waals surface area contributed by atoms with Gasteiger partial charge in [-0.05, 0) is 49.2 Å². The Hall–Kier alpha value is -1.38. The summed E-state index contributed by atoms with van der Waals surface area (Å²) in [7, 11) is 0. The molecule has 1 heterocycles. The van der Waals surface area contributed by atoms with Gasteiger partial charge in [-0.2, -0.15) is 0 Å². The number of hydrogen-bond acceptors (Lipinski definition) is 2. The van der Waals surface area contributed by atoms with Crippen molar-refractivity contribution >= 4 is 11.6 Å². The minimum absolute atomic E-state index is 0.279. The Morgan fingerprint density at radius 1 is 1.20 bits per heavy atom. The lowest BCUT2D eigenvalue weighted by Gasteiger charge is -2.19. The number of aromatic nitrogens is 1. The molecule has 0 aliphatic heterocycles. The summed E-state index contributed by atoms with van der Waals surface area (Å²) >= 11 is 5.97. The number of hydrogen-bond donors (Lipinski definition) is 1. The van der Waals surface area contributed by atoms with E-state index >= 15 is 0 Å². The lowest BCUT2D eigenvalue weighted by atomic mass is 9.99. The summed E-state index contributed by atoms with van der Waals surface area (Å²) in [5.41, 5.74) is 3.65. The Labute approximate surface area is 126 Å². The van der Waals surface area contributed by atoms with Crippen LogP contribution in [-0.2, 0) is 6.42 Å². The van der Waals surface area contributed by atoms with Crippen molar-refractivity contribution in [2.24, 2.45) is 0 Å². The average molecular weight is 289 g/mol. The number of rotatable bonds is 6. The Bertz CT molecular complexity index is 537. The highest BCUT2D eigenvalue weighted by atomic mass is 35.5. The molecule has 1 unspecified atom stereocenters. The maximum Gasteiger partial charge on any atom is 0.0451 e. The maximum absolute atomic E-state index is 5.97. The molecule has 2 aromatic rings. The fraction of sp³-hybridized carbons (Fsp3) is 0.353. The molecule has 0 saturated heterocycles.